The largest absolute Gasteiger partial charge is 0.352 e. The van der Waals surface area contributed by atoms with Crippen molar-refractivity contribution in [1.29, 1.82) is 0 Å². The number of nitrogens with one attached hydrogen (secondary N) is 1. The Morgan fingerprint density at radius 1 is 1.18 bits per heavy atom. The second-order valence-electron chi connectivity index (χ2n) is 7.15. The third-order valence-corrected chi connectivity index (χ3v) is 4.83. The Morgan fingerprint density at radius 2 is 1.96 bits per heavy atom. The Kier molecular flexibility index (Phi) is 3.93. The molecule has 1 saturated carbocycles. The Hall–Kier alpha value is -3.48. The van der Waals surface area contributed by atoms with Crippen LogP contribution >= 0.6 is 0 Å². The van der Waals surface area contributed by atoms with Crippen LogP contribution in [-0.4, -0.2) is 31.9 Å². The van der Waals surface area contributed by atoms with E-state index >= 15 is 0 Å². The standard InChI is InChI=1S/C21H19N5O2/c1-13-6-8-14(9-7-13)20-23-21(28-25-20)19-16-4-2-3-5-17(16)26(24-19)12-18(27)22-15-10-11-15/h2-9,15H,10-12H2,1H3,(H,22,27). The van der Waals surface area contributed by atoms with Crippen molar-refractivity contribution in [3.63, 3.8) is 0 Å². The molecular weight excluding hydrogens is 354 g/mol. The molecule has 0 spiro atoms. The van der Waals surface area contributed by atoms with Crippen molar-refractivity contribution in [2.45, 2.75) is 32.4 Å². The molecule has 1 fully saturated rings. The number of fused-ring (bicyclic) bond motifs is 1. The van der Waals surface area contributed by atoms with Crippen LogP contribution in [0.3, 0.4) is 0 Å². The van der Waals surface area contributed by atoms with Crippen LogP contribution in [0.4, 0.5) is 0 Å². The monoisotopic (exact) mass is 373 g/mol. The highest BCUT2D eigenvalue weighted by molar-refractivity contribution is 5.92. The predicted molar refractivity (Wildman–Crippen MR) is 104 cm³/mol. The maximum absolute atomic E-state index is 12.2. The second kappa shape index (κ2) is 6.60. The highest BCUT2D eigenvalue weighted by atomic mass is 16.5. The molecule has 7 nitrogen and oxygen atoms in total. The van der Waals surface area contributed by atoms with Crippen LogP contribution in [0, 0.1) is 6.92 Å². The van der Waals surface area contributed by atoms with Crippen LogP contribution in [0.2, 0.25) is 0 Å². The number of aromatic nitrogens is 4. The molecule has 2 aromatic heterocycles. The van der Waals surface area contributed by atoms with Gasteiger partial charge in [-0.2, -0.15) is 10.1 Å². The van der Waals surface area contributed by atoms with Gasteiger partial charge >= 0.3 is 0 Å². The first-order valence-corrected chi connectivity index (χ1v) is 9.33. The molecule has 0 aliphatic heterocycles. The summed E-state index contributed by atoms with van der Waals surface area (Å²) in [7, 11) is 0. The molecule has 0 atom stereocenters. The maximum Gasteiger partial charge on any atom is 0.279 e. The minimum absolute atomic E-state index is 0.0341. The van der Waals surface area contributed by atoms with Gasteiger partial charge in [0.2, 0.25) is 11.7 Å². The van der Waals surface area contributed by atoms with Crippen LogP contribution in [-0.2, 0) is 11.3 Å². The maximum atomic E-state index is 12.2. The van der Waals surface area contributed by atoms with Gasteiger partial charge in [-0.3, -0.25) is 9.48 Å². The lowest BCUT2D eigenvalue weighted by Gasteiger charge is -2.04. The van der Waals surface area contributed by atoms with Crippen LogP contribution < -0.4 is 5.32 Å². The Morgan fingerprint density at radius 3 is 2.75 bits per heavy atom. The molecule has 140 valence electrons. The van der Waals surface area contributed by atoms with Gasteiger partial charge < -0.3 is 9.84 Å². The molecule has 4 aromatic rings. The molecule has 2 aromatic carbocycles. The molecule has 0 bridgehead atoms. The molecule has 0 saturated heterocycles. The number of aryl methyl sites for hydroxylation is 1. The Balaban J connectivity index is 1.50. The zero-order valence-corrected chi connectivity index (χ0v) is 15.4. The number of hydrogen-bond acceptors (Lipinski definition) is 5. The van der Waals surface area contributed by atoms with E-state index in [0.29, 0.717) is 23.5 Å². The van der Waals surface area contributed by atoms with Crippen LogP contribution in [0.1, 0.15) is 18.4 Å². The third-order valence-electron chi connectivity index (χ3n) is 4.83. The molecule has 5 rings (SSSR count). The fourth-order valence-electron chi connectivity index (χ4n) is 3.18. The van der Waals surface area contributed by atoms with E-state index in [-0.39, 0.29) is 12.5 Å². The molecule has 0 radical (unpaired) electrons. The summed E-state index contributed by atoms with van der Waals surface area (Å²) in [5.41, 5.74) is 3.49. The molecule has 1 aliphatic carbocycles. The molecule has 1 N–H and O–H groups in total. The first-order chi connectivity index (χ1) is 13.7. The number of rotatable bonds is 5. The summed E-state index contributed by atoms with van der Waals surface area (Å²) in [6.45, 7) is 2.19. The Bertz CT molecular complexity index is 1160. The molecule has 1 amide bonds. The van der Waals surface area contributed by atoms with E-state index in [4.69, 9.17) is 4.52 Å². The van der Waals surface area contributed by atoms with Gasteiger partial charge in [0, 0.05) is 17.0 Å². The van der Waals surface area contributed by atoms with Gasteiger partial charge in [-0.25, -0.2) is 0 Å². The highest BCUT2D eigenvalue weighted by Crippen LogP contribution is 2.28. The molecule has 7 heteroatoms. The lowest BCUT2D eigenvalue weighted by atomic mass is 10.1. The fourth-order valence-corrected chi connectivity index (χ4v) is 3.18. The number of amides is 1. The van der Waals surface area contributed by atoms with E-state index in [2.05, 4.69) is 20.6 Å². The summed E-state index contributed by atoms with van der Waals surface area (Å²) >= 11 is 0. The first-order valence-electron chi connectivity index (χ1n) is 9.33. The summed E-state index contributed by atoms with van der Waals surface area (Å²) in [6.07, 6.45) is 2.11. The van der Waals surface area contributed by atoms with E-state index in [0.717, 1.165) is 29.3 Å². The van der Waals surface area contributed by atoms with Gasteiger partial charge in [0.25, 0.3) is 5.89 Å². The average Bonchev–Trinajstić information content (AvgIpc) is 3.25. The SMILES string of the molecule is Cc1ccc(-c2noc(-c3nn(CC(=O)NC4CC4)c4ccccc34)n2)cc1. The van der Waals surface area contributed by atoms with Crippen LogP contribution in [0.25, 0.3) is 33.9 Å². The number of carbonyl (C=O) groups excluding carboxylic acids is 1. The third kappa shape index (κ3) is 3.15. The van der Waals surface area contributed by atoms with Crippen molar-refractivity contribution in [2.24, 2.45) is 0 Å². The number of benzene rings is 2. The van der Waals surface area contributed by atoms with Crippen molar-refractivity contribution >= 4 is 16.8 Å². The van der Waals surface area contributed by atoms with Gasteiger partial charge in [0.05, 0.1) is 5.52 Å². The molecule has 1 aliphatic rings. The molecule has 28 heavy (non-hydrogen) atoms. The van der Waals surface area contributed by atoms with Gasteiger partial charge in [-0.1, -0.05) is 53.2 Å². The Labute approximate surface area is 161 Å². The fraction of sp³-hybridized carbons (Fsp3) is 0.238. The summed E-state index contributed by atoms with van der Waals surface area (Å²) < 4.78 is 7.19. The smallest absolute Gasteiger partial charge is 0.279 e. The number of nitrogens with zero attached hydrogens (tertiary/aromatic N) is 4. The van der Waals surface area contributed by atoms with Crippen molar-refractivity contribution in [3.8, 4) is 23.0 Å². The van der Waals surface area contributed by atoms with E-state index in [1.165, 1.54) is 5.56 Å². The lowest BCUT2D eigenvalue weighted by molar-refractivity contribution is -0.121. The van der Waals surface area contributed by atoms with Crippen molar-refractivity contribution in [1.82, 2.24) is 25.2 Å². The van der Waals surface area contributed by atoms with Crippen molar-refractivity contribution in [3.05, 3.63) is 54.1 Å². The van der Waals surface area contributed by atoms with Gasteiger partial charge in [0.1, 0.15) is 6.54 Å². The highest BCUT2D eigenvalue weighted by Gasteiger charge is 2.24. The van der Waals surface area contributed by atoms with E-state index < -0.39 is 0 Å². The van der Waals surface area contributed by atoms with E-state index in [9.17, 15) is 4.79 Å². The van der Waals surface area contributed by atoms with Gasteiger partial charge in [-0.15, -0.1) is 0 Å². The topological polar surface area (TPSA) is 85.8 Å². The van der Waals surface area contributed by atoms with Gasteiger partial charge in [-0.05, 0) is 25.8 Å². The van der Waals surface area contributed by atoms with Crippen molar-refractivity contribution < 1.29 is 9.32 Å². The number of carbonyl (C=O) groups is 1. The van der Waals surface area contributed by atoms with Crippen molar-refractivity contribution in [2.75, 3.05) is 0 Å². The normalized spacial score (nSPS) is 13.8. The summed E-state index contributed by atoms with van der Waals surface area (Å²) in [4.78, 5) is 16.8. The number of para-hydroxylation sites is 1. The lowest BCUT2D eigenvalue weighted by Crippen LogP contribution is -2.29. The molecule has 2 heterocycles. The average molecular weight is 373 g/mol. The van der Waals surface area contributed by atoms with Crippen LogP contribution in [0.5, 0.6) is 0 Å². The first kappa shape index (κ1) is 16.7. The van der Waals surface area contributed by atoms with E-state index in [1.54, 1.807) is 4.68 Å². The summed E-state index contributed by atoms with van der Waals surface area (Å²) in [6, 6.07) is 16.0. The predicted octanol–water partition coefficient (Wildman–Crippen LogP) is 3.34. The zero-order valence-electron chi connectivity index (χ0n) is 15.4. The number of hydrogen-bond donors (Lipinski definition) is 1. The molecular formula is C21H19N5O2. The van der Waals surface area contributed by atoms with E-state index in [1.807, 2.05) is 55.5 Å². The van der Waals surface area contributed by atoms with Gasteiger partial charge in [0.15, 0.2) is 5.69 Å². The minimum Gasteiger partial charge on any atom is -0.352 e. The summed E-state index contributed by atoms with van der Waals surface area (Å²) in [5, 5.41) is 12.6. The minimum atomic E-state index is -0.0341. The quantitative estimate of drug-likeness (QED) is 0.580. The zero-order chi connectivity index (χ0) is 19.1. The molecule has 0 unspecified atom stereocenters. The summed E-state index contributed by atoms with van der Waals surface area (Å²) in [5.74, 6) is 0.821. The second-order valence-corrected chi connectivity index (χ2v) is 7.15. The van der Waals surface area contributed by atoms with Crippen LogP contribution in [0.15, 0.2) is 53.1 Å².